The number of ether oxygens (including phenoxy) is 2. The quantitative estimate of drug-likeness (QED) is 0.401. The molecule has 3 rings (SSSR count). The largest absolute Gasteiger partial charge is 0.454 e. The van der Waals surface area contributed by atoms with Gasteiger partial charge in [0.25, 0.3) is 0 Å². The smallest absolute Gasteiger partial charge is 0.231 e. The summed E-state index contributed by atoms with van der Waals surface area (Å²) in [5.74, 6) is 1.79. The van der Waals surface area contributed by atoms with Gasteiger partial charge in [-0.05, 0) is 30.5 Å². The molecule has 0 spiro atoms. The minimum atomic E-state index is 0.242. The van der Waals surface area contributed by atoms with E-state index in [2.05, 4.69) is 16.5 Å². The molecule has 0 saturated carbocycles. The Morgan fingerprint density at radius 1 is 1.07 bits per heavy atom. The van der Waals surface area contributed by atoms with Crippen LogP contribution in [0, 0.1) is 0 Å². The van der Waals surface area contributed by atoms with Crippen LogP contribution in [0.2, 0.25) is 0 Å². The van der Waals surface area contributed by atoms with E-state index in [1.165, 1.54) is 32.1 Å². The summed E-state index contributed by atoms with van der Waals surface area (Å²) in [7, 11) is 0. The Balaban J connectivity index is 1.49. The van der Waals surface area contributed by atoms with Crippen LogP contribution in [-0.4, -0.2) is 33.7 Å². The third kappa shape index (κ3) is 7.08. The SMILES string of the molecule is CCCCCCCCCC(=O)N(CCCn1ccnc1)Cc1ccc2c(c1)OCO2. The third-order valence-electron chi connectivity index (χ3n) is 5.56. The Kier molecular flexibility index (Phi) is 9.06. The van der Waals surface area contributed by atoms with Crippen LogP contribution in [0.1, 0.15) is 70.3 Å². The second kappa shape index (κ2) is 12.3. The number of carbonyl (C=O) groups is 1. The maximum atomic E-state index is 13.0. The van der Waals surface area contributed by atoms with E-state index in [4.69, 9.17) is 9.47 Å². The van der Waals surface area contributed by atoms with Crippen LogP contribution in [0.15, 0.2) is 36.9 Å². The predicted octanol–water partition coefficient (Wildman–Crippen LogP) is 5.17. The molecule has 30 heavy (non-hydrogen) atoms. The molecule has 1 amide bonds. The first-order valence-corrected chi connectivity index (χ1v) is 11.4. The fourth-order valence-electron chi connectivity index (χ4n) is 3.81. The van der Waals surface area contributed by atoms with Crippen molar-refractivity contribution in [2.75, 3.05) is 13.3 Å². The van der Waals surface area contributed by atoms with Gasteiger partial charge in [-0.1, -0.05) is 51.5 Å². The molecule has 2 aromatic rings. The maximum Gasteiger partial charge on any atom is 0.231 e. The second-order valence-electron chi connectivity index (χ2n) is 8.03. The summed E-state index contributed by atoms with van der Waals surface area (Å²) in [6, 6.07) is 5.95. The number of hydrogen-bond acceptors (Lipinski definition) is 4. The molecule has 0 unspecified atom stereocenters. The van der Waals surface area contributed by atoms with Crippen LogP contribution in [-0.2, 0) is 17.9 Å². The number of aromatic nitrogens is 2. The Hall–Kier alpha value is -2.50. The van der Waals surface area contributed by atoms with Gasteiger partial charge in [0.05, 0.1) is 6.33 Å². The summed E-state index contributed by atoms with van der Waals surface area (Å²) in [6.07, 6.45) is 15.6. The topological polar surface area (TPSA) is 56.6 Å². The number of rotatable bonds is 14. The highest BCUT2D eigenvalue weighted by molar-refractivity contribution is 5.76. The van der Waals surface area contributed by atoms with E-state index in [1.54, 1.807) is 6.20 Å². The second-order valence-corrected chi connectivity index (χ2v) is 8.03. The van der Waals surface area contributed by atoms with Crippen molar-refractivity contribution < 1.29 is 14.3 Å². The number of amides is 1. The van der Waals surface area contributed by atoms with Crippen molar-refractivity contribution in [3.63, 3.8) is 0 Å². The van der Waals surface area contributed by atoms with Crippen molar-refractivity contribution in [2.24, 2.45) is 0 Å². The predicted molar refractivity (Wildman–Crippen MR) is 117 cm³/mol. The molecule has 0 fully saturated rings. The lowest BCUT2D eigenvalue weighted by atomic mass is 10.1. The number of hydrogen-bond donors (Lipinski definition) is 0. The lowest BCUT2D eigenvalue weighted by Gasteiger charge is -2.23. The van der Waals surface area contributed by atoms with Crippen molar-refractivity contribution in [2.45, 2.75) is 77.8 Å². The normalized spacial score (nSPS) is 12.3. The molecule has 0 saturated heterocycles. The highest BCUT2D eigenvalue weighted by Crippen LogP contribution is 2.32. The molecule has 0 bridgehead atoms. The van der Waals surface area contributed by atoms with Crippen LogP contribution in [0.4, 0.5) is 0 Å². The van der Waals surface area contributed by atoms with Crippen molar-refractivity contribution in [1.29, 1.82) is 0 Å². The molecule has 1 aliphatic rings. The molecule has 1 aromatic heterocycles. The molecule has 0 atom stereocenters. The van der Waals surface area contributed by atoms with Gasteiger partial charge in [-0.25, -0.2) is 4.98 Å². The zero-order chi connectivity index (χ0) is 21.0. The molecule has 6 nitrogen and oxygen atoms in total. The third-order valence-corrected chi connectivity index (χ3v) is 5.56. The Labute approximate surface area is 180 Å². The van der Waals surface area contributed by atoms with E-state index < -0.39 is 0 Å². The number of benzene rings is 1. The summed E-state index contributed by atoms with van der Waals surface area (Å²) >= 11 is 0. The van der Waals surface area contributed by atoms with Gasteiger partial charge in [-0.15, -0.1) is 0 Å². The van der Waals surface area contributed by atoms with Crippen LogP contribution < -0.4 is 9.47 Å². The molecule has 164 valence electrons. The van der Waals surface area contributed by atoms with E-state index in [1.807, 2.05) is 35.6 Å². The summed E-state index contributed by atoms with van der Waals surface area (Å²) in [5.41, 5.74) is 1.08. The zero-order valence-electron chi connectivity index (χ0n) is 18.2. The van der Waals surface area contributed by atoms with Crippen molar-refractivity contribution in [3.8, 4) is 11.5 Å². The summed E-state index contributed by atoms with van der Waals surface area (Å²) < 4.78 is 13.0. The molecule has 0 aliphatic carbocycles. The molecule has 0 radical (unpaired) electrons. The Morgan fingerprint density at radius 3 is 2.67 bits per heavy atom. The van der Waals surface area contributed by atoms with Gasteiger partial charge in [0.15, 0.2) is 11.5 Å². The van der Waals surface area contributed by atoms with Crippen LogP contribution in [0.3, 0.4) is 0 Å². The Bertz CT molecular complexity index is 761. The minimum absolute atomic E-state index is 0.242. The number of fused-ring (bicyclic) bond motifs is 1. The van der Waals surface area contributed by atoms with Gasteiger partial charge in [-0.3, -0.25) is 4.79 Å². The van der Waals surface area contributed by atoms with E-state index >= 15 is 0 Å². The van der Waals surface area contributed by atoms with Gasteiger partial charge in [0, 0.05) is 38.4 Å². The first kappa shape index (κ1) is 22.2. The van der Waals surface area contributed by atoms with E-state index in [0.29, 0.717) is 13.0 Å². The Morgan fingerprint density at radius 2 is 1.87 bits per heavy atom. The van der Waals surface area contributed by atoms with Crippen LogP contribution in [0.5, 0.6) is 11.5 Å². The average Bonchev–Trinajstić information content (AvgIpc) is 3.43. The summed E-state index contributed by atoms with van der Waals surface area (Å²) in [5, 5.41) is 0. The molecular weight excluding hydrogens is 378 g/mol. The lowest BCUT2D eigenvalue weighted by Crippen LogP contribution is -2.31. The number of imidazole rings is 1. The highest BCUT2D eigenvalue weighted by atomic mass is 16.7. The van der Waals surface area contributed by atoms with E-state index in [0.717, 1.165) is 49.4 Å². The van der Waals surface area contributed by atoms with Gasteiger partial charge in [0.1, 0.15) is 0 Å². The van der Waals surface area contributed by atoms with Crippen LogP contribution >= 0.6 is 0 Å². The first-order valence-electron chi connectivity index (χ1n) is 11.4. The van der Waals surface area contributed by atoms with Crippen LogP contribution in [0.25, 0.3) is 0 Å². The number of aryl methyl sites for hydroxylation is 1. The average molecular weight is 414 g/mol. The maximum absolute atomic E-state index is 13.0. The minimum Gasteiger partial charge on any atom is -0.454 e. The number of carbonyl (C=O) groups excluding carboxylic acids is 1. The van der Waals surface area contributed by atoms with Crippen molar-refractivity contribution >= 4 is 5.91 Å². The molecule has 2 heterocycles. The molecular formula is C24H35N3O3. The van der Waals surface area contributed by atoms with E-state index in [-0.39, 0.29) is 12.7 Å². The summed E-state index contributed by atoms with van der Waals surface area (Å²) in [4.78, 5) is 19.0. The molecule has 1 aliphatic heterocycles. The van der Waals surface area contributed by atoms with Gasteiger partial charge in [0.2, 0.25) is 12.7 Å². The fourth-order valence-corrected chi connectivity index (χ4v) is 3.81. The summed E-state index contributed by atoms with van der Waals surface area (Å²) in [6.45, 7) is 4.71. The highest BCUT2D eigenvalue weighted by Gasteiger charge is 2.17. The molecule has 0 N–H and O–H groups in total. The lowest BCUT2D eigenvalue weighted by molar-refractivity contribution is -0.132. The van der Waals surface area contributed by atoms with Gasteiger partial charge < -0.3 is 18.9 Å². The monoisotopic (exact) mass is 413 g/mol. The standard InChI is InChI=1S/C24H35N3O3/c1-2-3-4-5-6-7-8-10-24(28)27(15-9-14-26-16-13-25-19-26)18-21-11-12-22-23(17-21)30-20-29-22/h11-13,16-17,19H,2-10,14-15,18,20H2,1H3. The van der Waals surface area contributed by atoms with Crippen molar-refractivity contribution in [1.82, 2.24) is 14.5 Å². The van der Waals surface area contributed by atoms with Gasteiger partial charge in [-0.2, -0.15) is 0 Å². The van der Waals surface area contributed by atoms with Gasteiger partial charge >= 0.3 is 0 Å². The van der Waals surface area contributed by atoms with E-state index in [9.17, 15) is 4.79 Å². The fraction of sp³-hybridized carbons (Fsp3) is 0.583. The molecule has 1 aromatic carbocycles. The first-order chi connectivity index (χ1) is 14.8. The number of unbranched alkanes of at least 4 members (excludes halogenated alkanes) is 6. The number of nitrogens with zero attached hydrogens (tertiary/aromatic N) is 3. The van der Waals surface area contributed by atoms with Crippen molar-refractivity contribution in [3.05, 3.63) is 42.5 Å². The molecule has 6 heteroatoms. The zero-order valence-corrected chi connectivity index (χ0v) is 18.2.